The van der Waals surface area contributed by atoms with Crippen molar-refractivity contribution in [2.45, 2.75) is 0 Å². The number of benzene rings is 1. The number of carbonyl (C=O) groups is 1. The molecule has 0 saturated carbocycles. The standard InChI is InChI=1S/C15H9ClN4O2S.ClH/c16-10-3-1-9(2-4-10)14-17-11(7-13(18-14)15(21)22)5-6-12-8-23-20-19-12;/h1-8H,(H,21,22);1H/b6-5+;. The zero-order valence-corrected chi connectivity index (χ0v) is 14.3. The highest BCUT2D eigenvalue weighted by Gasteiger charge is 2.11. The second-order valence-electron chi connectivity index (χ2n) is 4.48. The van der Waals surface area contributed by atoms with Crippen LogP contribution in [-0.2, 0) is 0 Å². The van der Waals surface area contributed by atoms with E-state index in [4.69, 9.17) is 11.6 Å². The summed E-state index contributed by atoms with van der Waals surface area (Å²) in [4.78, 5) is 19.7. The summed E-state index contributed by atoms with van der Waals surface area (Å²) in [7, 11) is 0. The lowest BCUT2D eigenvalue weighted by Crippen LogP contribution is -2.04. The largest absolute Gasteiger partial charge is 0.477 e. The molecule has 0 bridgehead atoms. The zero-order chi connectivity index (χ0) is 16.2. The van der Waals surface area contributed by atoms with Crippen molar-refractivity contribution in [3.05, 3.63) is 57.8 Å². The van der Waals surface area contributed by atoms with E-state index in [9.17, 15) is 9.90 Å². The molecule has 0 fully saturated rings. The van der Waals surface area contributed by atoms with Crippen LogP contribution < -0.4 is 0 Å². The molecular formula is C15H10Cl2N4O2S. The Bertz CT molecular complexity index is 868. The fourth-order valence-electron chi connectivity index (χ4n) is 1.80. The summed E-state index contributed by atoms with van der Waals surface area (Å²) in [6.07, 6.45) is 3.38. The van der Waals surface area contributed by atoms with Gasteiger partial charge >= 0.3 is 5.97 Å². The van der Waals surface area contributed by atoms with Crippen molar-refractivity contribution in [2.75, 3.05) is 0 Å². The highest BCUT2D eigenvalue weighted by atomic mass is 35.5. The van der Waals surface area contributed by atoms with Gasteiger partial charge in [0.2, 0.25) is 0 Å². The number of hydrogen-bond donors (Lipinski definition) is 1. The maximum atomic E-state index is 11.3. The van der Waals surface area contributed by atoms with Crippen LogP contribution in [0.25, 0.3) is 23.5 Å². The minimum absolute atomic E-state index is 0. The van der Waals surface area contributed by atoms with Crippen molar-refractivity contribution < 1.29 is 9.90 Å². The maximum Gasteiger partial charge on any atom is 0.354 e. The van der Waals surface area contributed by atoms with Gasteiger partial charge in [0, 0.05) is 16.0 Å². The van der Waals surface area contributed by atoms with E-state index in [-0.39, 0.29) is 18.1 Å². The predicted molar refractivity (Wildman–Crippen MR) is 95.5 cm³/mol. The minimum atomic E-state index is -1.12. The van der Waals surface area contributed by atoms with E-state index >= 15 is 0 Å². The third kappa shape index (κ3) is 4.35. The summed E-state index contributed by atoms with van der Waals surface area (Å²) < 4.78 is 3.75. The molecule has 6 nitrogen and oxygen atoms in total. The smallest absolute Gasteiger partial charge is 0.354 e. The Hall–Kier alpha value is -2.35. The lowest BCUT2D eigenvalue weighted by Gasteiger charge is -2.04. The molecule has 0 unspecified atom stereocenters. The molecule has 1 aromatic carbocycles. The molecule has 122 valence electrons. The lowest BCUT2D eigenvalue weighted by molar-refractivity contribution is 0.0690. The molecule has 0 aliphatic carbocycles. The average molecular weight is 381 g/mol. The van der Waals surface area contributed by atoms with Gasteiger partial charge in [-0.1, -0.05) is 16.1 Å². The van der Waals surface area contributed by atoms with Crippen molar-refractivity contribution in [3.8, 4) is 11.4 Å². The van der Waals surface area contributed by atoms with Crippen LogP contribution >= 0.6 is 35.5 Å². The summed E-state index contributed by atoms with van der Waals surface area (Å²) in [5.74, 6) is -0.801. The van der Waals surface area contributed by atoms with Crippen LogP contribution in [-0.4, -0.2) is 30.6 Å². The predicted octanol–water partition coefficient (Wildman–Crippen LogP) is 3.94. The molecule has 0 aliphatic rings. The molecule has 2 heterocycles. The normalized spacial score (nSPS) is 10.5. The Morgan fingerprint density at radius 1 is 1.12 bits per heavy atom. The van der Waals surface area contributed by atoms with Crippen LogP contribution in [0.1, 0.15) is 21.9 Å². The summed E-state index contributed by atoms with van der Waals surface area (Å²) >= 11 is 7.09. The first-order valence-electron chi connectivity index (χ1n) is 6.45. The first-order valence-corrected chi connectivity index (χ1v) is 7.67. The second kappa shape index (κ2) is 7.96. The number of rotatable bonds is 4. The lowest BCUT2D eigenvalue weighted by atomic mass is 10.2. The van der Waals surface area contributed by atoms with Crippen LogP contribution in [0, 0.1) is 0 Å². The molecule has 9 heteroatoms. The Balaban J connectivity index is 0.00000208. The molecule has 3 aromatic rings. The van der Waals surface area contributed by atoms with Gasteiger partial charge in [-0.3, -0.25) is 0 Å². The van der Waals surface area contributed by atoms with E-state index in [1.165, 1.54) is 17.6 Å². The molecule has 0 atom stereocenters. The van der Waals surface area contributed by atoms with Crippen molar-refractivity contribution in [1.29, 1.82) is 0 Å². The van der Waals surface area contributed by atoms with E-state index in [0.717, 1.165) is 0 Å². The molecule has 0 spiro atoms. The van der Waals surface area contributed by atoms with Crippen molar-refractivity contribution >= 4 is 53.7 Å². The Morgan fingerprint density at radius 3 is 2.46 bits per heavy atom. The summed E-state index contributed by atoms with van der Waals surface area (Å²) in [5, 5.41) is 15.5. The van der Waals surface area contributed by atoms with Gasteiger partial charge in [-0.05, 0) is 54.0 Å². The molecule has 0 saturated heterocycles. The van der Waals surface area contributed by atoms with Crippen LogP contribution in [0.4, 0.5) is 0 Å². The molecule has 24 heavy (non-hydrogen) atoms. The number of aromatic nitrogens is 4. The van der Waals surface area contributed by atoms with Gasteiger partial charge in [0.05, 0.1) is 11.4 Å². The molecule has 2 aromatic heterocycles. The van der Waals surface area contributed by atoms with E-state index in [2.05, 4.69) is 19.6 Å². The molecule has 0 amide bonds. The quantitative estimate of drug-likeness (QED) is 0.737. The second-order valence-corrected chi connectivity index (χ2v) is 5.52. The van der Waals surface area contributed by atoms with Gasteiger partial charge in [-0.25, -0.2) is 14.8 Å². The number of nitrogens with zero attached hydrogens (tertiary/aromatic N) is 4. The maximum absolute atomic E-state index is 11.3. The molecule has 3 rings (SSSR count). The Labute approximate surface area is 152 Å². The molecule has 0 radical (unpaired) electrons. The van der Waals surface area contributed by atoms with Gasteiger partial charge in [0.1, 0.15) is 0 Å². The number of aromatic carboxylic acids is 1. The van der Waals surface area contributed by atoms with E-state index in [1.54, 1.807) is 41.8 Å². The van der Waals surface area contributed by atoms with Gasteiger partial charge in [-0.2, -0.15) is 0 Å². The number of hydrogen-bond acceptors (Lipinski definition) is 6. The Morgan fingerprint density at radius 2 is 1.83 bits per heavy atom. The topological polar surface area (TPSA) is 88.9 Å². The number of carboxylic acids is 1. The van der Waals surface area contributed by atoms with E-state index in [1.807, 2.05) is 0 Å². The SMILES string of the molecule is Cl.O=C(O)c1cc(/C=C/c2csnn2)nc(-c2ccc(Cl)cc2)n1. The minimum Gasteiger partial charge on any atom is -0.477 e. The third-order valence-electron chi connectivity index (χ3n) is 2.87. The van der Waals surface area contributed by atoms with Crippen LogP contribution in [0.5, 0.6) is 0 Å². The van der Waals surface area contributed by atoms with Crippen LogP contribution in [0.3, 0.4) is 0 Å². The average Bonchev–Trinajstić information content (AvgIpc) is 3.07. The van der Waals surface area contributed by atoms with Crippen molar-refractivity contribution in [3.63, 3.8) is 0 Å². The Kier molecular flexibility index (Phi) is 5.97. The van der Waals surface area contributed by atoms with E-state index < -0.39 is 5.97 Å². The van der Waals surface area contributed by atoms with Gasteiger partial charge < -0.3 is 5.11 Å². The molecule has 1 N–H and O–H groups in total. The van der Waals surface area contributed by atoms with Crippen LogP contribution in [0.15, 0.2) is 35.7 Å². The van der Waals surface area contributed by atoms with Gasteiger partial charge in [0.25, 0.3) is 0 Å². The first kappa shape index (κ1) is 18.0. The first-order chi connectivity index (χ1) is 11.1. The highest BCUT2D eigenvalue weighted by Crippen LogP contribution is 2.19. The number of halogens is 2. The highest BCUT2D eigenvalue weighted by molar-refractivity contribution is 7.03. The van der Waals surface area contributed by atoms with Crippen molar-refractivity contribution in [1.82, 2.24) is 19.6 Å². The molecule has 0 aliphatic heterocycles. The van der Waals surface area contributed by atoms with Gasteiger partial charge in [0.15, 0.2) is 11.5 Å². The van der Waals surface area contributed by atoms with Gasteiger partial charge in [-0.15, -0.1) is 17.5 Å². The van der Waals surface area contributed by atoms with Crippen molar-refractivity contribution in [2.24, 2.45) is 0 Å². The molecular weight excluding hydrogens is 371 g/mol. The van der Waals surface area contributed by atoms with Crippen LogP contribution in [0.2, 0.25) is 5.02 Å². The summed E-state index contributed by atoms with van der Waals surface area (Å²) in [6, 6.07) is 8.27. The fraction of sp³-hybridized carbons (Fsp3) is 0. The third-order valence-corrected chi connectivity index (χ3v) is 3.64. The summed E-state index contributed by atoms with van der Waals surface area (Å²) in [5.41, 5.74) is 1.75. The van der Waals surface area contributed by atoms with E-state index in [0.29, 0.717) is 27.8 Å². The number of carboxylic acid groups (broad SMARTS) is 1. The fourth-order valence-corrected chi connectivity index (χ4v) is 2.35. The summed E-state index contributed by atoms with van der Waals surface area (Å²) in [6.45, 7) is 0. The monoisotopic (exact) mass is 380 g/mol. The zero-order valence-electron chi connectivity index (χ0n) is 12.0.